The number of aryl methyl sites for hydroxylation is 2. The summed E-state index contributed by atoms with van der Waals surface area (Å²) in [5.74, 6) is 0.485. The Hall–Kier alpha value is -1.56. The number of nitrogens with two attached hydrogens (primary N) is 2. The van der Waals surface area contributed by atoms with Gasteiger partial charge in [0.25, 0.3) is 5.91 Å². The van der Waals surface area contributed by atoms with Gasteiger partial charge in [-0.25, -0.2) is 0 Å². The molecule has 0 radical (unpaired) electrons. The summed E-state index contributed by atoms with van der Waals surface area (Å²) in [6.07, 6.45) is 4.25. The fourth-order valence-electron chi connectivity index (χ4n) is 3.80. The molecular weight excluding hydrogens is 242 g/mol. The molecule has 0 spiro atoms. The number of carbonyl (C=O) groups excluding carboxylic acids is 1. The Bertz CT molecular complexity index is 509. The molecule has 2 unspecified atom stereocenters. The quantitative estimate of drug-likeness (QED) is 0.802. The van der Waals surface area contributed by atoms with Crippen LogP contribution in [0, 0.1) is 6.92 Å². The summed E-state index contributed by atoms with van der Waals surface area (Å²) in [5, 5.41) is 4.37. The van der Waals surface area contributed by atoms with Gasteiger partial charge in [0.15, 0.2) is 0 Å². The number of rotatable bonds is 2. The van der Waals surface area contributed by atoms with E-state index in [0.717, 1.165) is 31.5 Å². The van der Waals surface area contributed by atoms with Crippen molar-refractivity contribution < 1.29 is 4.79 Å². The van der Waals surface area contributed by atoms with Gasteiger partial charge in [-0.05, 0) is 32.6 Å². The maximum absolute atomic E-state index is 11.7. The molecule has 2 saturated heterocycles. The predicted octanol–water partition coefficient (Wildman–Crippen LogP) is 0.286. The van der Waals surface area contributed by atoms with E-state index in [4.69, 9.17) is 11.5 Å². The lowest BCUT2D eigenvalue weighted by Crippen LogP contribution is -2.48. The minimum absolute atomic E-state index is 0.278. The first-order valence-electron chi connectivity index (χ1n) is 6.86. The van der Waals surface area contributed by atoms with E-state index in [0.29, 0.717) is 23.3 Å². The summed E-state index contributed by atoms with van der Waals surface area (Å²) < 4.78 is 1.79. The number of aromatic nitrogens is 2. The van der Waals surface area contributed by atoms with Crippen LogP contribution in [0.25, 0.3) is 0 Å². The second kappa shape index (κ2) is 4.23. The zero-order chi connectivity index (χ0) is 13.7. The average Bonchev–Trinajstić information content (AvgIpc) is 2.73. The first kappa shape index (κ1) is 12.5. The summed E-state index contributed by atoms with van der Waals surface area (Å²) in [4.78, 5) is 14.1. The SMILES string of the molecule is Cc1nn(C)c(N2C3CCC2CC(N)C3)c1C(N)=O. The van der Waals surface area contributed by atoms with E-state index >= 15 is 0 Å². The molecule has 0 aromatic carbocycles. The molecule has 0 saturated carbocycles. The standard InChI is InChI=1S/C13H21N5O/c1-7-11(12(15)19)13(17(2)16-7)18-9-3-4-10(18)6-8(14)5-9/h8-10H,3-6,14H2,1-2H3,(H2,15,19). The van der Waals surface area contributed by atoms with Gasteiger partial charge in [-0.3, -0.25) is 9.48 Å². The van der Waals surface area contributed by atoms with Crippen LogP contribution in [-0.4, -0.2) is 33.8 Å². The third-order valence-corrected chi connectivity index (χ3v) is 4.45. The van der Waals surface area contributed by atoms with Gasteiger partial charge in [0.1, 0.15) is 11.4 Å². The van der Waals surface area contributed by atoms with Gasteiger partial charge in [-0.1, -0.05) is 0 Å². The van der Waals surface area contributed by atoms with Crippen LogP contribution in [0.5, 0.6) is 0 Å². The molecule has 1 aromatic heterocycles. The number of nitrogens with zero attached hydrogens (tertiary/aromatic N) is 3. The molecule has 19 heavy (non-hydrogen) atoms. The Balaban J connectivity index is 2.06. The van der Waals surface area contributed by atoms with Gasteiger partial charge in [0.2, 0.25) is 0 Å². The molecular formula is C13H21N5O. The van der Waals surface area contributed by atoms with Crippen LogP contribution in [0.15, 0.2) is 0 Å². The first-order valence-corrected chi connectivity index (χ1v) is 6.86. The maximum atomic E-state index is 11.7. The second-order valence-corrected chi connectivity index (χ2v) is 5.80. The maximum Gasteiger partial charge on any atom is 0.254 e. The highest BCUT2D eigenvalue weighted by molar-refractivity contribution is 5.99. The number of anilines is 1. The number of hydrogen-bond acceptors (Lipinski definition) is 4. The molecule has 2 aliphatic heterocycles. The van der Waals surface area contributed by atoms with E-state index in [1.54, 1.807) is 4.68 Å². The van der Waals surface area contributed by atoms with Crippen molar-refractivity contribution in [1.82, 2.24) is 9.78 Å². The molecule has 6 nitrogen and oxygen atoms in total. The topological polar surface area (TPSA) is 90.2 Å². The third kappa shape index (κ3) is 1.82. The number of carbonyl (C=O) groups is 1. The summed E-state index contributed by atoms with van der Waals surface area (Å²) in [6, 6.07) is 1.11. The van der Waals surface area contributed by atoms with E-state index in [-0.39, 0.29) is 6.04 Å². The molecule has 3 rings (SSSR count). The number of amides is 1. The van der Waals surface area contributed by atoms with Crippen molar-refractivity contribution in [3.63, 3.8) is 0 Å². The molecule has 2 bridgehead atoms. The Morgan fingerprint density at radius 3 is 2.42 bits per heavy atom. The van der Waals surface area contributed by atoms with E-state index < -0.39 is 5.91 Å². The summed E-state index contributed by atoms with van der Waals surface area (Å²) in [7, 11) is 1.88. The largest absolute Gasteiger partial charge is 0.365 e. The highest BCUT2D eigenvalue weighted by atomic mass is 16.1. The van der Waals surface area contributed by atoms with Crippen molar-refractivity contribution in [2.75, 3.05) is 4.90 Å². The van der Waals surface area contributed by atoms with Crippen molar-refractivity contribution in [3.05, 3.63) is 11.3 Å². The highest BCUT2D eigenvalue weighted by Gasteiger charge is 2.42. The molecule has 3 heterocycles. The van der Waals surface area contributed by atoms with Crippen LogP contribution >= 0.6 is 0 Å². The summed E-state index contributed by atoms with van der Waals surface area (Å²) >= 11 is 0. The molecule has 104 valence electrons. The zero-order valence-corrected chi connectivity index (χ0v) is 11.5. The predicted molar refractivity (Wildman–Crippen MR) is 73.0 cm³/mol. The van der Waals surface area contributed by atoms with Crippen molar-refractivity contribution in [3.8, 4) is 0 Å². The number of fused-ring (bicyclic) bond motifs is 2. The number of piperidine rings is 1. The van der Waals surface area contributed by atoms with Crippen LogP contribution in [0.2, 0.25) is 0 Å². The Kier molecular flexibility index (Phi) is 2.78. The van der Waals surface area contributed by atoms with Crippen LogP contribution in [0.3, 0.4) is 0 Å². The van der Waals surface area contributed by atoms with Gasteiger partial charge < -0.3 is 16.4 Å². The first-order chi connectivity index (χ1) is 8.99. The second-order valence-electron chi connectivity index (χ2n) is 5.80. The lowest BCUT2D eigenvalue weighted by Gasteiger charge is -2.39. The zero-order valence-electron chi connectivity index (χ0n) is 11.5. The van der Waals surface area contributed by atoms with Gasteiger partial charge in [-0.15, -0.1) is 0 Å². The van der Waals surface area contributed by atoms with Gasteiger partial charge >= 0.3 is 0 Å². The van der Waals surface area contributed by atoms with E-state index in [1.165, 1.54) is 0 Å². The van der Waals surface area contributed by atoms with Crippen molar-refractivity contribution in [2.24, 2.45) is 18.5 Å². The van der Waals surface area contributed by atoms with Crippen molar-refractivity contribution in [1.29, 1.82) is 0 Å². The normalized spacial score (nSPS) is 29.8. The van der Waals surface area contributed by atoms with Gasteiger partial charge in [0, 0.05) is 25.2 Å². The molecule has 2 aliphatic rings. The smallest absolute Gasteiger partial charge is 0.254 e. The molecule has 2 fully saturated rings. The minimum Gasteiger partial charge on any atom is -0.365 e. The van der Waals surface area contributed by atoms with Crippen LogP contribution in [-0.2, 0) is 7.05 Å². The molecule has 6 heteroatoms. The van der Waals surface area contributed by atoms with E-state index in [1.807, 2.05) is 14.0 Å². The average molecular weight is 263 g/mol. The van der Waals surface area contributed by atoms with E-state index in [9.17, 15) is 4.79 Å². The molecule has 2 atom stereocenters. The van der Waals surface area contributed by atoms with Crippen LogP contribution < -0.4 is 16.4 Å². The lowest BCUT2D eigenvalue weighted by atomic mass is 9.97. The van der Waals surface area contributed by atoms with Crippen molar-refractivity contribution in [2.45, 2.75) is 50.7 Å². The lowest BCUT2D eigenvalue weighted by molar-refractivity contribution is 0.1000. The number of primary amides is 1. The molecule has 0 aliphatic carbocycles. The Morgan fingerprint density at radius 2 is 1.89 bits per heavy atom. The number of hydrogen-bond donors (Lipinski definition) is 2. The minimum atomic E-state index is -0.394. The monoisotopic (exact) mass is 263 g/mol. The fraction of sp³-hybridized carbons (Fsp3) is 0.692. The van der Waals surface area contributed by atoms with Crippen LogP contribution in [0.4, 0.5) is 5.82 Å². The Morgan fingerprint density at radius 1 is 1.32 bits per heavy atom. The summed E-state index contributed by atoms with van der Waals surface area (Å²) in [5.41, 5.74) is 12.9. The van der Waals surface area contributed by atoms with Gasteiger partial charge in [0.05, 0.1) is 5.69 Å². The van der Waals surface area contributed by atoms with Gasteiger partial charge in [-0.2, -0.15) is 5.10 Å². The molecule has 1 aromatic rings. The molecule has 4 N–H and O–H groups in total. The highest BCUT2D eigenvalue weighted by Crippen LogP contribution is 2.40. The molecule has 1 amide bonds. The van der Waals surface area contributed by atoms with Crippen molar-refractivity contribution >= 4 is 11.7 Å². The Labute approximate surface area is 112 Å². The van der Waals surface area contributed by atoms with Crippen LogP contribution in [0.1, 0.15) is 41.7 Å². The third-order valence-electron chi connectivity index (χ3n) is 4.45. The fourth-order valence-corrected chi connectivity index (χ4v) is 3.80. The van der Waals surface area contributed by atoms with E-state index in [2.05, 4.69) is 10.00 Å². The summed E-state index contributed by atoms with van der Waals surface area (Å²) in [6.45, 7) is 1.83.